The molecular formula is C23H36N2O4. The van der Waals surface area contributed by atoms with Gasteiger partial charge in [-0.25, -0.2) is 0 Å². The largest absolute Gasteiger partial charge is 0.481 e. The zero-order valence-corrected chi connectivity index (χ0v) is 17.9. The minimum atomic E-state index is -1.18. The van der Waals surface area contributed by atoms with Crippen LogP contribution in [0.2, 0.25) is 0 Å². The number of aliphatic carboxylic acids is 1. The molecule has 1 saturated carbocycles. The predicted octanol–water partition coefficient (Wildman–Crippen LogP) is 4.30. The van der Waals surface area contributed by atoms with Gasteiger partial charge in [0.25, 0.3) is 0 Å². The van der Waals surface area contributed by atoms with Gasteiger partial charge in [0.2, 0.25) is 5.91 Å². The Labute approximate surface area is 174 Å². The van der Waals surface area contributed by atoms with Crippen LogP contribution < -0.4 is 5.32 Å². The Bertz CT molecular complexity index is 651. The number of nitrogens with zero attached hydrogens (tertiary/aromatic N) is 1. The standard InChI is InChI=1S/C23H36N2O4/c1-23(2,3)19(22(28)29)18(11-7-10-16-8-5-4-6-9-16)21(27)25-20(26)17-12-14-24-15-13-17/h12-16,18-20,26H,4-11H2,1-3H3,(H,25,27)(H,28,29)/t18-,19?,20?/m1/s1. The highest BCUT2D eigenvalue weighted by Crippen LogP contribution is 2.37. The van der Waals surface area contributed by atoms with Crippen LogP contribution >= 0.6 is 0 Å². The highest BCUT2D eigenvalue weighted by molar-refractivity contribution is 5.85. The van der Waals surface area contributed by atoms with E-state index in [1.54, 1.807) is 24.5 Å². The maximum atomic E-state index is 13.1. The lowest BCUT2D eigenvalue weighted by atomic mass is 9.70. The van der Waals surface area contributed by atoms with Gasteiger partial charge >= 0.3 is 5.97 Å². The maximum Gasteiger partial charge on any atom is 0.307 e. The maximum absolute atomic E-state index is 13.1. The molecule has 0 spiro atoms. The van der Waals surface area contributed by atoms with Crippen molar-refractivity contribution in [3.8, 4) is 0 Å². The van der Waals surface area contributed by atoms with E-state index in [0.29, 0.717) is 17.9 Å². The van der Waals surface area contributed by atoms with Crippen LogP contribution in [0, 0.1) is 23.2 Å². The number of amides is 1. The van der Waals surface area contributed by atoms with Crippen LogP contribution in [-0.2, 0) is 9.59 Å². The average molecular weight is 405 g/mol. The van der Waals surface area contributed by atoms with Gasteiger partial charge in [0.1, 0.15) is 0 Å². The Morgan fingerprint density at radius 2 is 1.79 bits per heavy atom. The van der Waals surface area contributed by atoms with Gasteiger partial charge in [0.15, 0.2) is 6.23 Å². The molecule has 1 aromatic rings. The number of carbonyl (C=O) groups excluding carboxylic acids is 1. The van der Waals surface area contributed by atoms with E-state index < -0.39 is 35.4 Å². The minimum absolute atomic E-state index is 0.403. The van der Waals surface area contributed by atoms with Crippen LogP contribution in [0.4, 0.5) is 0 Å². The summed E-state index contributed by atoms with van der Waals surface area (Å²) in [6, 6.07) is 3.25. The fraction of sp³-hybridized carbons (Fsp3) is 0.696. The molecule has 0 radical (unpaired) electrons. The first-order chi connectivity index (χ1) is 13.7. The second-order valence-corrected chi connectivity index (χ2v) is 9.42. The van der Waals surface area contributed by atoms with Gasteiger partial charge in [0.05, 0.1) is 11.8 Å². The lowest BCUT2D eigenvalue weighted by Crippen LogP contribution is -2.44. The van der Waals surface area contributed by atoms with E-state index in [4.69, 9.17) is 0 Å². The SMILES string of the molecule is CC(C)(C)C(C(=O)O)[C@@H](CCCC1CCCCC1)C(=O)NC(O)c1ccncc1. The fourth-order valence-electron chi connectivity index (χ4n) is 4.57. The van der Waals surface area contributed by atoms with E-state index in [0.717, 1.165) is 12.8 Å². The highest BCUT2D eigenvalue weighted by atomic mass is 16.4. The Morgan fingerprint density at radius 3 is 2.34 bits per heavy atom. The van der Waals surface area contributed by atoms with Gasteiger partial charge in [-0.05, 0) is 29.9 Å². The smallest absolute Gasteiger partial charge is 0.307 e. The molecule has 1 fully saturated rings. The molecule has 1 aromatic heterocycles. The number of carbonyl (C=O) groups is 2. The molecule has 2 rings (SSSR count). The Morgan fingerprint density at radius 1 is 1.17 bits per heavy atom. The monoisotopic (exact) mass is 404 g/mol. The number of rotatable bonds is 9. The second-order valence-electron chi connectivity index (χ2n) is 9.42. The number of hydrogen-bond donors (Lipinski definition) is 3. The van der Waals surface area contributed by atoms with Gasteiger partial charge in [-0.1, -0.05) is 65.7 Å². The zero-order chi connectivity index (χ0) is 21.4. The van der Waals surface area contributed by atoms with E-state index >= 15 is 0 Å². The van der Waals surface area contributed by atoms with Crippen LogP contribution in [0.5, 0.6) is 0 Å². The van der Waals surface area contributed by atoms with Gasteiger partial charge in [-0.3, -0.25) is 14.6 Å². The predicted molar refractivity (Wildman–Crippen MR) is 112 cm³/mol. The van der Waals surface area contributed by atoms with Crippen molar-refractivity contribution in [3.63, 3.8) is 0 Å². The van der Waals surface area contributed by atoms with Crippen molar-refractivity contribution >= 4 is 11.9 Å². The van der Waals surface area contributed by atoms with Crippen molar-refractivity contribution in [1.29, 1.82) is 0 Å². The van der Waals surface area contributed by atoms with Crippen LogP contribution in [0.25, 0.3) is 0 Å². The lowest BCUT2D eigenvalue weighted by molar-refractivity contribution is -0.153. The third kappa shape index (κ3) is 7.11. The number of aliphatic hydroxyl groups excluding tert-OH is 1. The Balaban J connectivity index is 2.09. The van der Waals surface area contributed by atoms with Crippen molar-refractivity contribution < 1.29 is 19.8 Å². The molecule has 3 N–H and O–H groups in total. The molecule has 6 nitrogen and oxygen atoms in total. The summed E-state index contributed by atoms with van der Waals surface area (Å²) in [5.74, 6) is -2.19. The molecule has 1 amide bonds. The number of hydrogen-bond acceptors (Lipinski definition) is 4. The van der Waals surface area contributed by atoms with Crippen LogP contribution in [0.15, 0.2) is 24.5 Å². The molecule has 0 aliphatic heterocycles. The fourth-order valence-corrected chi connectivity index (χ4v) is 4.57. The summed E-state index contributed by atoms with van der Waals surface area (Å²) >= 11 is 0. The number of carboxylic acid groups (broad SMARTS) is 1. The molecule has 3 atom stereocenters. The first-order valence-corrected chi connectivity index (χ1v) is 10.8. The number of aromatic nitrogens is 1. The van der Waals surface area contributed by atoms with Crippen LogP contribution in [0.3, 0.4) is 0 Å². The van der Waals surface area contributed by atoms with Crippen molar-refractivity contribution in [1.82, 2.24) is 10.3 Å². The normalized spacial score (nSPS) is 18.6. The molecule has 0 saturated heterocycles. The van der Waals surface area contributed by atoms with Crippen LogP contribution in [-0.4, -0.2) is 27.1 Å². The second kappa shape index (κ2) is 10.7. The number of pyridine rings is 1. The van der Waals surface area contributed by atoms with E-state index in [9.17, 15) is 19.8 Å². The van der Waals surface area contributed by atoms with Crippen molar-refractivity contribution in [2.75, 3.05) is 0 Å². The summed E-state index contributed by atoms with van der Waals surface area (Å²) in [4.78, 5) is 29.0. The molecule has 6 heteroatoms. The van der Waals surface area contributed by atoms with Crippen LogP contribution in [0.1, 0.15) is 83.9 Å². The first kappa shape index (κ1) is 23.3. The summed E-state index contributed by atoms with van der Waals surface area (Å²) in [6.45, 7) is 5.56. The molecule has 1 heterocycles. The number of aliphatic hydroxyl groups is 1. The molecule has 29 heavy (non-hydrogen) atoms. The quantitative estimate of drug-likeness (QED) is 0.533. The Hall–Kier alpha value is -1.95. The molecule has 162 valence electrons. The van der Waals surface area contributed by atoms with Crippen molar-refractivity contribution in [2.45, 2.75) is 78.4 Å². The van der Waals surface area contributed by atoms with E-state index in [1.807, 2.05) is 20.8 Å². The molecule has 0 bridgehead atoms. The number of carboxylic acids is 1. The molecule has 0 aromatic carbocycles. The highest BCUT2D eigenvalue weighted by Gasteiger charge is 2.41. The average Bonchev–Trinajstić information content (AvgIpc) is 2.67. The molecule has 2 unspecified atom stereocenters. The molecule has 1 aliphatic rings. The van der Waals surface area contributed by atoms with Gasteiger partial charge in [-0.2, -0.15) is 0 Å². The third-order valence-electron chi connectivity index (χ3n) is 6.09. The topological polar surface area (TPSA) is 99.5 Å². The van der Waals surface area contributed by atoms with E-state index in [2.05, 4.69) is 10.3 Å². The zero-order valence-electron chi connectivity index (χ0n) is 17.9. The molecule has 1 aliphatic carbocycles. The Kier molecular flexibility index (Phi) is 8.62. The minimum Gasteiger partial charge on any atom is -0.481 e. The summed E-state index contributed by atoms with van der Waals surface area (Å²) < 4.78 is 0. The van der Waals surface area contributed by atoms with Gasteiger partial charge in [-0.15, -0.1) is 0 Å². The summed E-state index contributed by atoms with van der Waals surface area (Å²) in [5.41, 5.74) is -0.0442. The summed E-state index contributed by atoms with van der Waals surface area (Å²) in [7, 11) is 0. The van der Waals surface area contributed by atoms with E-state index in [-0.39, 0.29) is 0 Å². The van der Waals surface area contributed by atoms with Crippen molar-refractivity contribution in [3.05, 3.63) is 30.1 Å². The summed E-state index contributed by atoms with van der Waals surface area (Å²) in [5, 5.41) is 22.9. The van der Waals surface area contributed by atoms with Gasteiger partial charge < -0.3 is 15.5 Å². The van der Waals surface area contributed by atoms with Crippen molar-refractivity contribution in [2.24, 2.45) is 23.2 Å². The number of nitrogens with one attached hydrogen (secondary N) is 1. The van der Waals surface area contributed by atoms with E-state index in [1.165, 1.54) is 32.1 Å². The first-order valence-electron chi connectivity index (χ1n) is 10.8. The molecular weight excluding hydrogens is 368 g/mol. The summed E-state index contributed by atoms with van der Waals surface area (Å²) in [6.07, 6.45) is 10.6. The third-order valence-corrected chi connectivity index (χ3v) is 6.09. The lowest BCUT2D eigenvalue weighted by Gasteiger charge is -2.34. The van der Waals surface area contributed by atoms with Gasteiger partial charge in [0, 0.05) is 18.0 Å².